The summed E-state index contributed by atoms with van der Waals surface area (Å²) < 4.78 is 0. The number of aromatic nitrogens is 2. The van der Waals surface area contributed by atoms with E-state index in [1.165, 1.54) is 25.7 Å². The summed E-state index contributed by atoms with van der Waals surface area (Å²) in [6, 6.07) is 0.540. The molecule has 1 heterocycles. The highest BCUT2D eigenvalue weighted by Gasteiger charge is 2.19. The maximum atomic E-state index is 5.99. The van der Waals surface area contributed by atoms with Gasteiger partial charge < -0.3 is 11.1 Å². The van der Waals surface area contributed by atoms with Crippen LogP contribution in [0.25, 0.3) is 0 Å². The Labute approximate surface area is 116 Å². The topological polar surface area (TPSA) is 63.8 Å². The Balaban J connectivity index is 2.10. The molecule has 1 aliphatic rings. The molecular formula is C15H26N4. The quantitative estimate of drug-likeness (QED) is 0.873. The molecular weight excluding hydrogens is 236 g/mol. The van der Waals surface area contributed by atoms with Crippen LogP contribution in [-0.2, 0) is 6.42 Å². The SMILES string of the molecule is CCCc1nc(N)c(C)c(NC2CCC(C)CC2)n1. The summed E-state index contributed by atoms with van der Waals surface area (Å²) >= 11 is 0. The van der Waals surface area contributed by atoms with Crippen molar-refractivity contribution >= 4 is 11.6 Å². The second kappa shape index (κ2) is 6.22. The fourth-order valence-electron chi connectivity index (χ4n) is 2.66. The van der Waals surface area contributed by atoms with Crippen LogP contribution < -0.4 is 11.1 Å². The van der Waals surface area contributed by atoms with Gasteiger partial charge in [-0.3, -0.25) is 0 Å². The Bertz CT molecular complexity index is 422. The lowest BCUT2D eigenvalue weighted by Crippen LogP contribution is -2.26. The summed E-state index contributed by atoms with van der Waals surface area (Å²) in [5, 5.41) is 3.58. The third kappa shape index (κ3) is 3.58. The van der Waals surface area contributed by atoms with E-state index in [1.807, 2.05) is 6.92 Å². The fraction of sp³-hybridized carbons (Fsp3) is 0.733. The number of aryl methyl sites for hydroxylation is 1. The van der Waals surface area contributed by atoms with Gasteiger partial charge in [0.15, 0.2) is 0 Å². The lowest BCUT2D eigenvalue weighted by Gasteiger charge is -2.28. The summed E-state index contributed by atoms with van der Waals surface area (Å²) in [7, 11) is 0. The van der Waals surface area contributed by atoms with Crippen LogP contribution in [0, 0.1) is 12.8 Å². The van der Waals surface area contributed by atoms with Gasteiger partial charge in [-0.15, -0.1) is 0 Å². The average Bonchev–Trinajstić information content (AvgIpc) is 2.38. The van der Waals surface area contributed by atoms with Gasteiger partial charge in [-0.05, 0) is 44.9 Å². The molecule has 0 unspecified atom stereocenters. The first-order valence-corrected chi connectivity index (χ1v) is 7.49. The third-order valence-corrected chi connectivity index (χ3v) is 4.06. The summed E-state index contributed by atoms with van der Waals surface area (Å²) in [5.41, 5.74) is 6.97. The molecule has 106 valence electrons. The van der Waals surface area contributed by atoms with Gasteiger partial charge in [-0.25, -0.2) is 9.97 Å². The highest BCUT2D eigenvalue weighted by atomic mass is 15.1. The molecule has 4 heteroatoms. The average molecular weight is 262 g/mol. The monoisotopic (exact) mass is 262 g/mol. The van der Waals surface area contributed by atoms with E-state index in [4.69, 9.17) is 5.73 Å². The number of nitrogens with one attached hydrogen (secondary N) is 1. The van der Waals surface area contributed by atoms with Crippen molar-refractivity contribution in [2.45, 2.75) is 65.3 Å². The molecule has 0 saturated heterocycles. The van der Waals surface area contributed by atoms with Gasteiger partial charge in [-0.2, -0.15) is 0 Å². The number of nitrogen functional groups attached to an aromatic ring is 1. The van der Waals surface area contributed by atoms with Crippen LogP contribution in [0.5, 0.6) is 0 Å². The highest BCUT2D eigenvalue weighted by Crippen LogP contribution is 2.27. The van der Waals surface area contributed by atoms with Crippen LogP contribution in [0.15, 0.2) is 0 Å². The number of hydrogen-bond donors (Lipinski definition) is 2. The van der Waals surface area contributed by atoms with Crippen LogP contribution in [-0.4, -0.2) is 16.0 Å². The molecule has 4 nitrogen and oxygen atoms in total. The van der Waals surface area contributed by atoms with Crippen molar-refractivity contribution in [2.24, 2.45) is 5.92 Å². The zero-order chi connectivity index (χ0) is 13.8. The molecule has 1 aromatic heterocycles. The van der Waals surface area contributed by atoms with Crippen molar-refractivity contribution in [3.05, 3.63) is 11.4 Å². The highest BCUT2D eigenvalue weighted by molar-refractivity contribution is 5.55. The molecule has 0 spiro atoms. The lowest BCUT2D eigenvalue weighted by molar-refractivity contribution is 0.360. The van der Waals surface area contributed by atoms with Crippen molar-refractivity contribution in [3.8, 4) is 0 Å². The predicted octanol–water partition coefficient (Wildman–Crippen LogP) is 3.31. The van der Waals surface area contributed by atoms with E-state index in [1.54, 1.807) is 0 Å². The Hall–Kier alpha value is -1.32. The summed E-state index contributed by atoms with van der Waals surface area (Å²) in [5.74, 6) is 3.28. The van der Waals surface area contributed by atoms with E-state index >= 15 is 0 Å². The Morgan fingerprint density at radius 2 is 1.89 bits per heavy atom. The molecule has 19 heavy (non-hydrogen) atoms. The number of hydrogen-bond acceptors (Lipinski definition) is 4. The van der Waals surface area contributed by atoms with E-state index in [2.05, 4.69) is 29.1 Å². The molecule has 0 amide bonds. The first kappa shape index (κ1) is 14.1. The van der Waals surface area contributed by atoms with Crippen molar-refractivity contribution in [1.29, 1.82) is 0 Å². The van der Waals surface area contributed by atoms with Gasteiger partial charge in [0, 0.05) is 18.0 Å². The summed E-state index contributed by atoms with van der Waals surface area (Å²) in [6.07, 6.45) is 7.00. The molecule has 0 bridgehead atoms. The zero-order valence-electron chi connectivity index (χ0n) is 12.4. The van der Waals surface area contributed by atoms with E-state index in [0.29, 0.717) is 11.9 Å². The first-order chi connectivity index (χ1) is 9.10. The maximum Gasteiger partial charge on any atom is 0.134 e. The molecule has 0 radical (unpaired) electrons. The molecule has 1 fully saturated rings. The Morgan fingerprint density at radius 3 is 2.53 bits per heavy atom. The van der Waals surface area contributed by atoms with Crippen molar-refractivity contribution < 1.29 is 0 Å². The molecule has 1 saturated carbocycles. The van der Waals surface area contributed by atoms with Gasteiger partial charge in [0.2, 0.25) is 0 Å². The van der Waals surface area contributed by atoms with Crippen molar-refractivity contribution in [2.75, 3.05) is 11.1 Å². The summed E-state index contributed by atoms with van der Waals surface area (Å²) in [4.78, 5) is 8.99. The van der Waals surface area contributed by atoms with Crippen LogP contribution in [0.1, 0.15) is 57.3 Å². The number of nitrogens with zero attached hydrogens (tertiary/aromatic N) is 2. The molecule has 0 aromatic carbocycles. The van der Waals surface area contributed by atoms with Gasteiger partial charge in [-0.1, -0.05) is 13.8 Å². The first-order valence-electron chi connectivity index (χ1n) is 7.49. The van der Waals surface area contributed by atoms with Crippen LogP contribution in [0.2, 0.25) is 0 Å². The number of rotatable bonds is 4. The standard InChI is InChI=1S/C15H26N4/c1-4-5-13-18-14(16)11(3)15(19-13)17-12-8-6-10(2)7-9-12/h10,12H,4-9H2,1-3H3,(H3,16,17,18,19). The van der Waals surface area contributed by atoms with E-state index in [0.717, 1.165) is 36.0 Å². The molecule has 1 aliphatic carbocycles. The van der Waals surface area contributed by atoms with E-state index in [-0.39, 0.29) is 0 Å². The van der Waals surface area contributed by atoms with Crippen LogP contribution in [0.4, 0.5) is 11.6 Å². The minimum atomic E-state index is 0.540. The molecule has 0 atom stereocenters. The second-order valence-electron chi connectivity index (χ2n) is 5.85. The van der Waals surface area contributed by atoms with E-state index in [9.17, 15) is 0 Å². The minimum absolute atomic E-state index is 0.540. The van der Waals surface area contributed by atoms with Gasteiger partial charge >= 0.3 is 0 Å². The summed E-state index contributed by atoms with van der Waals surface area (Å²) in [6.45, 7) is 6.47. The molecule has 1 aromatic rings. The molecule has 2 rings (SSSR count). The molecule has 3 N–H and O–H groups in total. The Morgan fingerprint density at radius 1 is 1.21 bits per heavy atom. The van der Waals surface area contributed by atoms with Gasteiger partial charge in [0.05, 0.1) is 0 Å². The predicted molar refractivity (Wildman–Crippen MR) is 80.2 cm³/mol. The number of anilines is 2. The zero-order valence-corrected chi connectivity index (χ0v) is 12.4. The lowest BCUT2D eigenvalue weighted by atomic mass is 9.87. The van der Waals surface area contributed by atoms with Crippen molar-refractivity contribution in [3.63, 3.8) is 0 Å². The molecule has 0 aliphatic heterocycles. The third-order valence-electron chi connectivity index (χ3n) is 4.06. The number of nitrogens with two attached hydrogens (primary N) is 1. The Kier molecular flexibility index (Phi) is 4.61. The normalized spacial score (nSPS) is 23.3. The second-order valence-corrected chi connectivity index (χ2v) is 5.85. The van der Waals surface area contributed by atoms with Gasteiger partial charge in [0.1, 0.15) is 17.5 Å². The largest absolute Gasteiger partial charge is 0.383 e. The smallest absolute Gasteiger partial charge is 0.134 e. The minimum Gasteiger partial charge on any atom is -0.383 e. The van der Waals surface area contributed by atoms with Gasteiger partial charge in [0.25, 0.3) is 0 Å². The van der Waals surface area contributed by atoms with Crippen molar-refractivity contribution in [1.82, 2.24) is 9.97 Å². The van der Waals surface area contributed by atoms with E-state index < -0.39 is 0 Å². The van der Waals surface area contributed by atoms with Crippen LogP contribution in [0.3, 0.4) is 0 Å². The maximum absolute atomic E-state index is 5.99. The van der Waals surface area contributed by atoms with Crippen LogP contribution >= 0.6 is 0 Å². The fourth-order valence-corrected chi connectivity index (χ4v) is 2.66.